The molecule has 1 aromatic heterocycles. The minimum atomic E-state index is -0.498. The third kappa shape index (κ3) is 3.91. The van der Waals surface area contributed by atoms with Crippen molar-refractivity contribution in [3.8, 4) is 0 Å². The minimum Gasteiger partial charge on any atom is -0.467 e. The molecule has 0 aliphatic heterocycles. The van der Waals surface area contributed by atoms with Crippen molar-refractivity contribution in [3.63, 3.8) is 0 Å². The van der Waals surface area contributed by atoms with Crippen molar-refractivity contribution in [1.82, 2.24) is 10.2 Å². The maximum atomic E-state index is 12.2. The summed E-state index contributed by atoms with van der Waals surface area (Å²) in [5, 5.41) is 2.68. The Labute approximate surface area is 107 Å². The Bertz CT molecular complexity index is 398. The van der Waals surface area contributed by atoms with Gasteiger partial charge in [0.05, 0.1) is 12.8 Å². The predicted molar refractivity (Wildman–Crippen MR) is 67.6 cm³/mol. The summed E-state index contributed by atoms with van der Waals surface area (Å²) in [5.74, 6) is 0.446. The maximum absolute atomic E-state index is 12.2. The third-order valence-corrected chi connectivity index (χ3v) is 2.64. The Balaban J connectivity index is 2.67. The Morgan fingerprint density at radius 3 is 2.56 bits per heavy atom. The molecule has 5 nitrogen and oxygen atoms in total. The van der Waals surface area contributed by atoms with Gasteiger partial charge in [0.2, 0.25) is 11.8 Å². The van der Waals surface area contributed by atoms with E-state index in [-0.39, 0.29) is 17.7 Å². The molecule has 1 rings (SSSR count). The first-order valence-electron chi connectivity index (χ1n) is 5.96. The van der Waals surface area contributed by atoms with E-state index in [0.29, 0.717) is 6.54 Å². The van der Waals surface area contributed by atoms with Gasteiger partial charge in [-0.15, -0.1) is 0 Å². The average Bonchev–Trinajstić information content (AvgIpc) is 2.77. The summed E-state index contributed by atoms with van der Waals surface area (Å²) in [5.41, 5.74) is 0. The SMILES string of the molecule is CC(=O)NC(C(=O)N(C)Cc1ccco1)C(C)C. The molecular weight excluding hydrogens is 232 g/mol. The summed E-state index contributed by atoms with van der Waals surface area (Å²) in [6, 6.07) is 3.09. The summed E-state index contributed by atoms with van der Waals surface area (Å²) in [6.07, 6.45) is 1.57. The summed E-state index contributed by atoms with van der Waals surface area (Å²) in [7, 11) is 1.70. The van der Waals surface area contributed by atoms with Gasteiger partial charge in [-0.05, 0) is 18.1 Å². The molecule has 0 saturated heterocycles. The molecule has 1 unspecified atom stereocenters. The number of furan rings is 1. The molecule has 1 heterocycles. The second-order valence-corrected chi connectivity index (χ2v) is 4.70. The lowest BCUT2D eigenvalue weighted by molar-refractivity contribution is -0.136. The van der Waals surface area contributed by atoms with E-state index in [9.17, 15) is 9.59 Å². The number of likely N-dealkylation sites (N-methyl/N-ethyl adjacent to an activating group) is 1. The van der Waals surface area contributed by atoms with E-state index in [1.165, 1.54) is 6.92 Å². The number of amides is 2. The van der Waals surface area contributed by atoms with Gasteiger partial charge in [-0.3, -0.25) is 9.59 Å². The Morgan fingerprint density at radius 1 is 1.44 bits per heavy atom. The summed E-state index contributed by atoms with van der Waals surface area (Å²) < 4.78 is 5.19. The Morgan fingerprint density at radius 2 is 2.11 bits per heavy atom. The molecule has 1 atom stereocenters. The first kappa shape index (κ1) is 14.3. The zero-order valence-electron chi connectivity index (χ0n) is 11.3. The molecule has 0 aliphatic carbocycles. The maximum Gasteiger partial charge on any atom is 0.245 e. The van der Waals surface area contributed by atoms with Gasteiger partial charge in [0.25, 0.3) is 0 Å². The van der Waals surface area contributed by atoms with E-state index in [1.54, 1.807) is 24.3 Å². The molecule has 0 aliphatic rings. The zero-order valence-corrected chi connectivity index (χ0v) is 11.3. The highest BCUT2D eigenvalue weighted by Gasteiger charge is 2.26. The molecular formula is C13H20N2O3. The molecule has 0 fully saturated rings. The van der Waals surface area contributed by atoms with Crippen LogP contribution in [0, 0.1) is 5.92 Å². The number of carbonyl (C=O) groups is 2. The first-order chi connectivity index (χ1) is 8.41. The molecule has 0 aromatic carbocycles. The molecule has 0 bridgehead atoms. The smallest absolute Gasteiger partial charge is 0.245 e. The van der Waals surface area contributed by atoms with E-state index >= 15 is 0 Å². The largest absolute Gasteiger partial charge is 0.467 e. The summed E-state index contributed by atoms with van der Waals surface area (Å²) in [6.45, 7) is 5.61. The van der Waals surface area contributed by atoms with Crippen LogP contribution >= 0.6 is 0 Å². The second kappa shape index (κ2) is 6.23. The third-order valence-electron chi connectivity index (χ3n) is 2.64. The van der Waals surface area contributed by atoms with E-state index in [1.807, 2.05) is 19.9 Å². The topological polar surface area (TPSA) is 62.6 Å². The second-order valence-electron chi connectivity index (χ2n) is 4.70. The van der Waals surface area contributed by atoms with E-state index in [2.05, 4.69) is 5.32 Å². The molecule has 0 spiro atoms. The van der Waals surface area contributed by atoms with Crippen LogP contribution in [0.25, 0.3) is 0 Å². The fraction of sp³-hybridized carbons (Fsp3) is 0.538. The molecule has 100 valence electrons. The minimum absolute atomic E-state index is 0.0421. The highest BCUT2D eigenvalue weighted by molar-refractivity contribution is 5.86. The van der Waals surface area contributed by atoms with E-state index in [0.717, 1.165) is 5.76 Å². The van der Waals surface area contributed by atoms with Crippen molar-refractivity contribution in [3.05, 3.63) is 24.2 Å². The van der Waals surface area contributed by atoms with Gasteiger partial charge in [-0.1, -0.05) is 13.8 Å². The van der Waals surface area contributed by atoms with Crippen LogP contribution in [0.3, 0.4) is 0 Å². The number of hydrogen-bond donors (Lipinski definition) is 1. The first-order valence-corrected chi connectivity index (χ1v) is 5.96. The standard InChI is InChI=1S/C13H20N2O3/c1-9(2)12(14-10(3)16)13(17)15(4)8-11-6-5-7-18-11/h5-7,9,12H,8H2,1-4H3,(H,14,16). The number of nitrogens with zero attached hydrogens (tertiary/aromatic N) is 1. The van der Waals surface area contributed by atoms with Gasteiger partial charge < -0.3 is 14.6 Å². The summed E-state index contributed by atoms with van der Waals surface area (Å²) >= 11 is 0. The lowest BCUT2D eigenvalue weighted by atomic mass is 10.0. The monoisotopic (exact) mass is 252 g/mol. The van der Waals surface area contributed by atoms with Gasteiger partial charge in [0.1, 0.15) is 11.8 Å². The summed E-state index contributed by atoms with van der Waals surface area (Å²) in [4.78, 5) is 24.9. The molecule has 1 N–H and O–H groups in total. The van der Waals surface area contributed by atoms with Crippen LogP contribution in [-0.2, 0) is 16.1 Å². The number of nitrogens with one attached hydrogen (secondary N) is 1. The van der Waals surface area contributed by atoms with Crippen LogP contribution in [-0.4, -0.2) is 29.8 Å². The molecule has 1 aromatic rings. The molecule has 0 saturated carbocycles. The fourth-order valence-electron chi connectivity index (χ4n) is 1.68. The zero-order chi connectivity index (χ0) is 13.7. The van der Waals surface area contributed by atoms with E-state index in [4.69, 9.17) is 4.42 Å². The van der Waals surface area contributed by atoms with Crippen molar-refractivity contribution in [2.45, 2.75) is 33.4 Å². The number of hydrogen-bond acceptors (Lipinski definition) is 3. The van der Waals surface area contributed by atoms with Crippen LogP contribution < -0.4 is 5.32 Å². The molecule has 2 amide bonds. The highest BCUT2D eigenvalue weighted by atomic mass is 16.3. The van der Waals surface area contributed by atoms with Gasteiger partial charge in [-0.25, -0.2) is 0 Å². The van der Waals surface area contributed by atoms with Crippen LogP contribution in [0.1, 0.15) is 26.5 Å². The van der Waals surface area contributed by atoms with Crippen LogP contribution in [0.2, 0.25) is 0 Å². The average molecular weight is 252 g/mol. The van der Waals surface area contributed by atoms with Gasteiger partial charge in [0, 0.05) is 14.0 Å². The van der Waals surface area contributed by atoms with Crippen LogP contribution in [0.4, 0.5) is 0 Å². The van der Waals surface area contributed by atoms with Gasteiger partial charge in [-0.2, -0.15) is 0 Å². The molecule has 5 heteroatoms. The number of carbonyl (C=O) groups excluding carboxylic acids is 2. The predicted octanol–water partition coefficient (Wildman–Crippen LogP) is 1.40. The van der Waals surface area contributed by atoms with Crippen molar-refractivity contribution in [2.24, 2.45) is 5.92 Å². The van der Waals surface area contributed by atoms with Crippen LogP contribution in [0.15, 0.2) is 22.8 Å². The quantitative estimate of drug-likeness (QED) is 0.861. The lowest BCUT2D eigenvalue weighted by Crippen LogP contribution is -2.49. The van der Waals surface area contributed by atoms with Gasteiger partial charge in [0.15, 0.2) is 0 Å². The van der Waals surface area contributed by atoms with Crippen molar-refractivity contribution >= 4 is 11.8 Å². The molecule has 0 radical (unpaired) electrons. The number of rotatable bonds is 5. The van der Waals surface area contributed by atoms with Gasteiger partial charge >= 0.3 is 0 Å². The van der Waals surface area contributed by atoms with Crippen molar-refractivity contribution in [1.29, 1.82) is 0 Å². The molecule has 18 heavy (non-hydrogen) atoms. The Hall–Kier alpha value is -1.78. The lowest BCUT2D eigenvalue weighted by Gasteiger charge is -2.26. The van der Waals surface area contributed by atoms with Crippen molar-refractivity contribution in [2.75, 3.05) is 7.05 Å². The van der Waals surface area contributed by atoms with Crippen LogP contribution in [0.5, 0.6) is 0 Å². The van der Waals surface area contributed by atoms with Crippen molar-refractivity contribution < 1.29 is 14.0 Å². The van der Waals surface area contributed by atoms with E-state index < -0.39 is 6.04 Å². The Kier molecular flexibility index (Phi) is 4.95. The normalized spacial score (nSPS) is 12.3. The fourth-order valence-corrected chi connectivity index (χ4v) is 1.68. The highest BCUT2D eigenvalue weighted by Crippen LogP contribution is 2.09.